The third-order valence-corrected chi connectivity index (χ3v) is 4.92. The van der Waals surface area contributed by atoms with Gasteiger partial charge in [0.15, 0.2) is 0 Å². The molecule has 3 unspecified atom stereocenters. The van der Waals surface area contributed by atoms with Crippen LogP contribution in [0.15, 0.2) is 42.9 Å². The highest BCUT2D eigenvalue weighted by atomic mass is 16.4. The Morgan fingerprint density at radius 1 is 1.06 bits per heavy atom. The molecule has 0 aliphatic carbocycles. The third-order valence-electron chi connectivity index (χ3n) is 4.92. The van der Waals surface area contributed by atoms with Crippen LogP contribution in [0.4, 0.5) is 0 Å². The van der Waals surface area contributed by atoms with E-state index in [1.165, 1.54) is 12.5 Å². The number of H-pyrrole nitrogens is 1. The SMILES string of the molecule is CC(C)C(NC(=O)C(Cc1cnc[nH]1)NC(=O)CNC(=O)C(N)Cc1ccccc1)C(=O)O. The Bertz CT molecular complexity index is 932. The van der Waals surface area contributed by atoms with E-state index in [-0.39, 0.29) is 18.9 Å². The van der Waals surface area contributed by atoms with Crippen molar-refractivity contribution in [3.8, 4) is 0 Å². The van der Waals surface area contributed by atoms with Crippen LogP contribution in [-0.4, -0.2) is 63.4 Å². The summed E-state index contributed by atoms with van der Waals surface area (Å²) in [6.45, 7) is 2.94. The smallest absolute Gasteiger partial charge is 0.326 e. The number of nitrogens with two attached hydrogens (primary N) is 1. The minimum absolute atomic E-state index is 0.0590. The average Bonchev–Trinajstić information content (AvgIpc) is 3.28. The Labute approximate surface area is 191 Å². The first kappa shape index (κ1) is 25.5. The first-order valence-electron chi connectivity index (χ1n) is 10.5. The first-order chi connectivity index (χ1) is 15.7. The number of carbonyl (C=O) groups is 4. The van der Waals surface area contributed by atoms with Gasteiger partial charge in [-0.25, -0.2) is 9.78 Å². The summed E-state index contributed by atoms with van der Waals surface area (Å²) in [6.07, 6.45) is 3.29. The van der Waals surface area contributed by atoms with Gasteiger partial charge < -0.3 is 31.8 Å². The number of nitrogens with one attached hydrogen (secondary N) is 4. The second-order valence-electron chi connectivity index (χ2n) is 7.98. The molecule has 7 N–H and O–H groups in total. The molecule has 11 nitrogen and oxygen atoms in total. The van der Waals surface area contributed by atoms with Gasteiger partial charge in [0.2, 0.25) is 17.7 Å². The number of benzene rings is 1. The maximum absolute atomic E-state index is 12.7. The highest BCUT2D eigenvalue weighted by molar-refractivity contribution is 5.92. The molecular formula is C22H30N6O5. The molecule has 0 saturated carbocycles. The summed E-state index contributed by atoms with van der Waals surface area (Å²) in [5, 5.41) is 16.8. The van der Waals surface area contributed by atoms with E-state index in [2.05, 4.69) is 25.9 Å². The number of aromatic nitrogens is 2. The van der Waals surface area contributed by atoms with Crippen molar-refractivity contribution >= 4 is 23.7 Å². The van der Waals surface area contributed by atoms with E-state index >= 15 is 0 Å². The number of carboxylic acid groups (broad SMARTS) is 1. The number of aliphatic carboxylic acids is 1. The van der Waals surface area contributed by atoms with Gasteiger partial charge in [0, 0.05) is 18.3 Å². The number of nitrogens with zero attached hydrogens (tertiary/aromatic N) is 1. The lowest BCUT2D eigenvalue weighted by Gasteiger charge is -2.23. The van der Waals surface area contributed by atoms with Crippen molar-refractivity contribution in [3.63, 3.8) is 0 Å². The van der Waals surface area contributed by atoms with Crippen LogP contribution in [0.1, 0.15) is 25.1 Å². The van der Waals surface area contributed by atoms with Crippen LogP contribution in [-0.2, 0) is 32.0 Å². The molecule has 2 aromatic rings. The molecule has 0 aliphatic heterocycles. The van der Waals surface area contributed by atoms with E-state index in [0.29, 0.717) is 12.1 Å². The highest BCUT2D eigenvalue weighted by Gasteiger charge is 2.29. The lowest BCUT2D eigenvalue weighted by atomic mass is 10.0. The van der Waals surface area contributed by atoms with Gasteiger partial charge in [-0.1, -0.05) is 44.2 Å². The zero-order chi connectivity index (χ0) is 24.4. The molecule has 11 heteroatoms. The van der Waals surface area contributed by atoms with Gasteiger partial charge in [0.25, 0.3) is 0 Å². The standard InChI is InChI=1S/C22H30N6O5/c1-13(2)19(22(32)33)28-21(31)17(9-15-10-24-12-26-15)27-18(29)11-25-20(30)16(23)8-14-6-4-3-5-7-14/h3-7,10,12-13,16-17,19H,8-9,11,23H2,1-2H3,(H,24,26)(H,25,30)(H,27,29)(H,28,31)(H,32,33). The Hall–Kier alpha value is -3.73. The molecule has 3 amide bonds. The van der Waals surface area contributed by atoms with Crippen molar-refractivity contribution in [2.45, 2.75) is 44.8 Å². The summed E-state index contributed by atoms with van der Waals surface area (Å²) < 4.78 is 0. The number of hydrogen-bond donors (Lipinski definition) is 6. The van der Waals surface area contributed by atoms with Crippen molar-refractivity contribution in [1.82, 2.24) is 25.9 Å². The van der Waals surface area contributed by atoms with Crippen LogP contribution in [0.2, 0.25) is 0 Å². The molecule has 178 valence electrons. The number of carboxylic acids is 1. The number of aromatic amines is 1. The first-order valence-corrected chi connectivity index (χ1v) is 10.5. The summed E-state index contributed by atoms with van der Waals surface area (Å²) in [7, 11) is 0. The van der Waals surface area contributed by atoms with Crippen LogP contribution in [0.3, 0.4) is 0 Å². The van der Waals surface area contributed by atoms with Crippen molar-refractivity contribution in [1.29, 1.82) is 0 Å². The summed E-state index contributed by atoms with van der Waals surface area (Å²) in [4.78, 5) is 55.6. The predicted molar refractivity (Wildman–Crippen MR) is 120 cm³/mol. The molecule has 0 radical (unpaired) electrons. The van der Waals surface area contributed by atoms with E-state index in [1.807, 2.05) is 30.3 Å². The average molecular weight is 459 g/mol. The zero-order valence-corrected chi connectivity index (χ0v) is 18.6. The Morgan fingerprint density at radius 2 is 1.76 bits per heavy atom. The molecule has 1 heterocycles. The minimum atomic E-state index is -1.18. The van der Waals surface area contributed by atoms with Crippen molar-refractivity contribution in [2.24, 2.45) is 11.7 Å². The number of imidazole rings is 1. The summed E-state index contributed by atoms with van der Waals surface area (Å²) in [5.41, 5.74) is 7.37. The molecule has 1 aromatic carbocycles. The Balaban J connectivity index is 1.95. The fourth-order valence-corrected chi connectivity index (χ4v) is 3.10. The van der Waals surface area contributed by atoms with Crippen LogP contribution >= 0.6 is 0 Å². The van der Waals surface area contributed by atoms with Crippen LogP contribution in [0, 0.1) is 5.92 Å². The number of hydrogen-bond acceptors (Lipinski definition) is 6. The maximum Gasteiger partial charge on any atom is 0.326 e. The summed E-state index contributed by atoms with van der Waals surface area (Å²) in [6, 6.07) is 6.20. The number of carbonyl (C=O) groups excluding carboxylic acids is 3. The molecule has 0 aliphatic rings. The van der Waals surface area contributed by atoms with Crippen LogP contribution < -0.4 is 21.7 Å². The predicted octanol–water partition coefficient (Wildman–Crippen LogP) is -0.651. The van der Waals surface area contributed by atoms with Gasteiger partial charge in [-0.2, -0.15) is 0 Å². The van der Waals surface area contributed by atoms with Gasteiger partial charge in [0.1, 0.15) is 12.1 Å². The van der Waals surface area contributed by atoms with E-state index in [1.54, 1.807) is 13.8 Å². The van der Waals surface area contributed by atoms with E-state index in [9.17, 15) is 24.3 Å². The number of amides is 3. The van der Waals surface area contributed by atoms with Crippen molar-refractivity contribution in [2.75, 3.05) is 6.54 Å². The Morgan fingerprint density at radius 3 is 2.33 bits per heavy atom. The molecule has 33 heavy (non-hydrogen) atoms. The molecule has 0 bridgehead atoms. The normalized spacial score (nSPS) is 13.6. The monoisotopic (exact) mass is 458 g/mol. The Kier molecular flexibility index (Phi) is 9.55. The van der Waals surface area contributed by atoms with Gasteiger partial charge >= 0.3 is 5.97 Å². The quantitative estimate of drug-likeness (QED) is 0.244. The topological polar surface area (TPSA) is 179 Å². The van der Waals surface area contributed by atoms with Gasteiger partial charge in [-0.3, -0.25) is 14.4 Å². The fraction of sp³-hybridized carbons (Fsp3) is 0.409. The second kappa shape index (κ2) is 12.3. The highest BCUT2D eigenvalue weighted by Crippen LogP contribution is 2.05. The molecule has 3 atom stereocenters. The summed E-state index contributed by atoms with van der Waals surface area (Å²) in [5.74, 6) is -3.32. The maximum atomic E-state index is 12.7. The molecule has 0 spiro atoms. The molecule has 2 rings (SSSR count). The second-order valence-corrected chi connectivity index (χ2v) is 7.98. The van der Waals surface area contributed by atoms with Gasteiger partial charge in [0.05, 0.1) is 18.9 Å². The third kappa shape index (κ3) is 8.37. The van der Waals surface area contributed by atoms with E-state index in [0.717, 1.165) is 5.56 Å². The van der Waals surface area contributed by atoms with Crippen molar-refractivity contribution < 1.29 is 24.3 Å². The molecule has 0 fully saturated rings. The van der Waals surface area contributed by atoms with E-state index in [4.69, 9.17) is 5.73 Å². The lowest BCUT2D eigenvalue weighted by Crippen LogP contribution is -2.55. The zero-order valence-electron chi connectivity index (χ0n) is 18.6. The number of rotatable bonds is 12. The van der Waals surface area contributed by atoms with Gasteiger partial charge in [-0.05, 0) is 17.9 Å². The van der Waals surface area contributed by atoms with Crippen molar-refractivity contribution in [3.05, 3.63) is 54.1 Å². The van der Waals surface area contributed by atoms with Gasteiger partial charge in [-0.15, -0.1) is 0 Å². The van der Waals surface area contributed by atoms with Crippen LogP contribution in [0.25, 0.3) is 0 Å². The largest absolute Gasteiger partial charge is 0.480 e. The fourth-order valence-electron chi connectivity index (χ4n) is 3.10. The summed E-state index contributed by atoms with van der Waals surface area (Å²) >= 11 is 0. The van der Waals surface area contributed by atoms with Crippen LogP contribution in [0.5, 0.6) is 0 Å². The lowest BCUT2D eigenvalue weighted by molar-refractivity contribution is -0.143. The van der Waals surface area contributed by atoms with E-state index < -0.39 is 41.8 Å². The molecule has 0 saturated heterocycles. The molecular weight excluding hydrogens is 428 g/mol. The molecule has 1 aromatic heterocycles. The minimum Gasteiger partial charge on any atom is -0.480 e.